The lowest BCUT2D eigenvalue weighted by Crippen LogP contribution is -2.28. The van der Waals surface area contributed by atoms with Crippen LogP contribution in [0.5, 0.6) is 0 Å². The second-order valence-electron chi connectivity index (χ2n) is 3.39. The van der Waals surface area contributed by atoms with Crippen LogP contribution >= 0.6 is 0 Å². The summed E-state index contributed by atoms with van der Waals surface area (Å²) in [6, 6.07) is 2.43. The van der Waals surface area contributed by atoms with Crippen molar-refractivity contribution in [3.8, 4) is 0 Å². The molecule has 2 rings (SSSR count). The highest BCUT2D eigenvalue weighted by Gasteiger charge is 2.29. The summed E-state index contributed by atoms with van der Waals surface area (Å²) in [6.07, 6.45) is 3.15. The van der Waals surface area contributed by atoms with Gasteiger partial charge in [-0.25, -0.2) is 0 Å². The van der Waals surface area contributed by atoms with Crippen molar-refractivity contribution in [2.75, 3.05) is 13.7 Å². The molecule has 1 aromatic rings. The van der Waals surface area contributed by atoms with E-state index in [2.05, 4.69) is 10.4 Å². The van der Waals surface area contributed by atoms with Gasteiger partial charge in [-0.1, -0.05) is 0 Å². The molecule has 0 aromatic carbocycles. The third-order valence-electron chi connectivity index (χ3n) is 2.49. The van der Waals surface area contributed by atoms with Crippen molar-refractivity contribution in [1.82, 2.24) is 15.1 Å². The van der Waals surface area contributed by atoms with Crippen LogP contribution in [0.1, 0.15) is 18.2 Å². The van der Waals surface area contributed by atoms with Gasteiger partial charge >= 0.3 is 0 Å². The summed E-state index contributed by atoms with van der Waals surface area (Å²) in [5, 5.41) is 7.59. The summed E-state index contributed by atoms with van der Waals surface area (Å²) < 4.78 is 7.43. The third kappa shape index (κ3) is 1.59. The lowest BCUT2D eigenvalue weighted by atomic mass is 10.1. The Hall–Kier alpha value is -0.870. The fraction of sp³-hybridized carbons (Fsp3) is 0.667. The van der Waals surface area contributed by atoms with E-state index in [0.717, 1.165) is 18.7 Å². The molecule has 0 saturated carbocycles. The minimum Gasteiger partial charge on any atom is -0.370 e. The van der Waals surface area contributed by atoms with E-state index in [1.54, 1.807) is 0 Å². The first-order chi connectivity index (χ1) is 6.31. The Labute approximate surface area is 77.9 Å². The number of aromatic nitrogens is 2. The monoisotopic (exact) mass is 181 g/mol. The summed E-state index contributed by atoms with van der Waals surface area (Å²) >= 11 is 0. The number of likely N-dealkylation sites (N-methyl/N-ethyl adjacent to an activating group) is 1. The first-order valence-electron chi connectivity index (χ1n) is 4.59. The Morgan fingerprint density at radius 2 is 2.54 bits per heavy atom. The number of hydrogen-bond acceptors (Lipinski definition) is 3. The molecule has 0 radical (unpaired) electrons. The average molecular weight is 181 g/mol. The molecule has 72 valence electrons. The van der Waals surface area contributed by atoms with Gasteiger partial charge in [-0.15, -0.1) is 0 Å². The minimum atomic E-state index is 0.131. The van der Waals surface area contributed by atoms with Gasteiger partial charge in [-0.05, 0) is 19.5 Å². The molecule has 0 spiro atoms. The first-order valence-corrected chi connectivity index (χ1v) is 4.59. The van der Waals surface area contributed by atoms with Crippen LogP contribution in [-0.2, 0) is 11.8 Å². The molecule has 1 aromatic heterocycles. The summed E-state index contributed by atoms with van der Waals surface area (Å²) in [4.78, 5) is 0. The predicted octanol–water partition coefficient (Wildman–Crippen LogP) is 0.469. The molecule has 4 heteroatoms. The zero-order valence-corrected chi connectivity index (χ0v) is 8.03. The van der Waals surface area contributed by atoms with Crippen LogP contribution in [0.4, 0.5) is 0 Å². The number of hydrogen-bond donors (Lipinski definition) is 1. The number of nitrogens with zero attached hydrogens (tertiary/aromatic N) is 2. The van der Waals surface area contributed by atoms with Gasteiger partial charge < -0.3 is 10.1 Å². The lowest BCUT2D eigenvalue weighted by molar-refractivity contribution is 0.0963. The molecular weight excluding hydrogens is 166 g/mol. The summed E-state index contributed by atoms with van der Waals surface area (Å²) in [5.41, 5.74) is 1.03. The van der Waals surface area contributed by atoms with Gasteiger partial charge in [-0.2, -0.15) is 5.10 Å². The van der Waals surface area contributed by atoms with E-state index in [4.69, 9.17) is 4.74 Å². The van der Waals surface area contributed by atoms with Crippen molar-refractivity contribution >= 4 is 0 Å². The molecule has 13 heavy (non-hydrogen) atoms. The van der Waals surface area contributed by atoms with Crippen LogP contribution in [0.2, 0.25) is 0 Å². The van der Waals surface area contributed by atoms with Crippen molar-refractivity contribution in [3.63, 3.8) is 0 Å². The Morgan fingerprint density at radius 3 is 3.15 bits per heavy atom. The maximum absolute atomic E-state index is 5.62. The largest absolute Gasteiger partial charge is 0.370 e. The Bertz CT molecular complexity index is 284. The average Bonchev–Trinajstić information content (AvgIpc) is 2.71. The van der Waals surface area contributed by atoms with E-state index in [9.17, 15) is 0 Å². The highest BCUT2D eigenvalue weighted by Crippen LogP contribution is 2.27. The van der Waals surface area contributed by atoms with Crippen molar-refractivity contribution in [2.45, 2.75) is 18.6 Å². The van der Waals surface area contributed by atoms with E-state index in [1.807, 2.05) is 31.0 Å². The van der Waals surface area contributed by atoms with Crippen LogP contribution in [0.25, 0.3) is 0 Å². The number of aryl methyl sites for hydroxylation is 1. The van der Waals surface area contributed by atoms with Gasteiger partial charge in [0.2, 0.25) is 0 Å². The van der Waals surface area contributed by atoms with Crippen molar-refractivity contribution in [3.05, 3.63) is 18.0 Å². The summed E-state index contributed by atoms with van der Waals surface area (Å²) in [7, 11) is 3.89. The Morgan fingerprint density at radius 1 is 1.69 bits per heavy atom. The standard InChI is InChI=1S/C9H15N3O/c1-10-7-4-6-13-9(7)8-3-5-12(2)11-8/h3,5,7,9-10H,4,6H2,1-2H3. The highest BCUT2D eigenvalue weighted by atomic mass is 16.5. The maximum Gasteiger partial charge on any atom is 0.117 e. The van der Waals surface area contributed by atoms with E-state index in [1.165, 1.54) is 0 Å². The molecule has 0 aliphatic carbocycles. The zero-order valence-electron chi connectivity index (χ0n) is 8.03. The van der Waals surface area contributed by atoms with Gasteiger partial charge in [0, 0.05) is 25.9 Å². The third-order valence-corrected chi connectivity index (χ3v) is 2.49. The molecule has 1 N–H and O–H groups in total. The number of rotatable bonds is 2. The van der Waals surface area contributed by atoms with E-state index in [-0.39, 0.29) is 6.10 Å². The molecule has 2 atom stereocenters. The molecule has 4 nitrogen and oxygen atoms in total. The van der Waals surface area contributed by atoms with E-state index < -0.39 is 0 Å². The fourth-order valence-corrected chi connectivity index (χ4v) is 1.76. The summed E-state index contributed by atoms with van der Waals surface area (Å²) in [6.45, 7) is 0.826. The van der Waals surface area contributed by atoms with Crippen LogP contribution in [0.3, 0.4) is 0 Å². The summed E-state index contributed by atoms with van der Waals surface area (Å²) in [5.74, 6) is 0. The van der Waals surface area contributed by atoms with Gasteiger partial charge in [0.05, 0.1) is 5.69 Å². The van der Waals surface area contributed by atoms with Gasteiger partial charge in [-0.3, -0.25) is 4.68 Å². The first kappa shape index (κ1) is 8.72. The van der Waals surface area contributed by atoms with E-state index >= 15 is 0 Å². The predicted molar refractivity (Wildman–Crippen MR) is 49.4 cm³/mol. The normalized spacial score (nSPS) is 28.2. The van der Waals surface area contributed by atoms with Crippen LogP contribution in [0, 0.1) is 0 Å². The zero-order chi connectivity index (χ0) is 9.26. The minimum absolute atomic E-state index is 0.131. The highest BCUT2D eigenvalue weighted by molar-refractivity contribution is 5.07. The molecule has 1 saturated heterocycles. The van der Waals surface area contributed by atoms with Crippen molar-refractivity contribution in [2.24, 2.45) is 7.05 Å². The Balaban J connectivity index is 2.15. The van der Waals surface area contributed by atoms with Crippen molar-refractivity contribution in [1.29, 1.82) is 0 Å². The lowest BCUT2D eigenvalue weighted by Gasteiger charge is -2.15. The topological polar surface area (TPSA) is 39.1 Å². The molecule has 0 amide bonds. The maximum atomic E-state index is 5.62. The van der Waals surface area contributed by atoms with Crippen LogP contribution < -0.4 is 5.32 Å². The number of ether oxygens (including phenoxy) is 1. The molecule has 2 heterocycles. The second-order valence-corrected chi connectivity index (χ2v) is 3.39. The number of nitrogens with one attached hydrogen (secondary N) is 1. The van der Waals surface area contributed by atoms with Crippen LogP contribution in [-0.4, -0.2) is 29.5 Å². The fourth-order valence-electron chi connectivity index (χ4n) is 1.76. The van der Waals surface area contributed by atoms with Gasteiger partial charge in [0.15, 0.2) is 0 Å². The molecular formula is C9H15N3O. The smallest absolute Gasteiger partial charge is 0.117 e. The van der Waals surface area contributed by atoms with Gasteiger partial charge in [0.25, 0.3) is 0 Å². The van der Waals surface area contributed by atoms with Crippen LogP contribution in [0.15, 0.2) is 12.3 Å². The van der Waals surface area contributed by atoms with E-state index in [0.29, 0.717) is 6.04 Å². The molecule has 2 unspecified atom stereocenters. The van der Waals surface area contributed by atoms with Gasteiger partial charge in [0.1, 0.15) is 6.10 Å². The second kappa shape index (κ2) is 3.47. The Kier molecular flexibility index (Phi) is 2.33. The molecule has 1 aliphatic heterocycles. The molecule has 0 bridgehead atoms. The quantitative estimate of drug-likeness (QED) is 0.721. The SMILES string of the molecule is CNC1CCOC1c1ccn(C)n1. The van der Waals surface area contributed by atoms with Crippen molar-refractivity contribution < 1.29 is 4.74 Å². The molecule has 1 aliphatic rings. The molecule has 1 fully saturated rings.